The van der Waals surface area contributed by atoms with Gasteiger partial charge in [0.2, 0.25) is 5.91 Å². The summed E-state index contributed by atoms with van der Waals surface area (Å²) >= 11 is 0. The number of para-hydroxylation sites is 1. The van der Waals surface area contributed by atoms with Gasteiger partial charge in [-0.1, -0.05) is 18.2 Å². The maximum atomic E-state index is 12.1. The van der Waals surface area contributed by atoms with Gasteiger partial charge in [-0.2, -0.15) is 0 Å². The van der Waals surface area contributed by atoms with Gasteiger partial charge in [-0.3, -0.25) is 4.79 Å². The van der Waals surface area contributed by atoms with E-state index in [1.54, 1.807) is 0 Å². The highest BCUT2D eigenvalue weighted by Gasteiger charge is 2.36. The molecule has 0 aromatic heterocycles. The van der Waals surface area contributed by atoms with E-state index in [1.807, 2.05) is 29.2 Å². The molecule has 1 amide bonds. The van der Waals surface area contributed by atoms with E-state index in [0.717, 1.165) is 24.1 Å². The molecule has 2 aliphatic rings. The lowest BCUT2D eigenvalue weighted by molar-refractivity contribution is -0.120. The van der Waals surface area contributed by atoms with Crippen molar-refractivity contribution in [2.75, 3.05) is 11.4 Å². The predicted molar refractivity (Wildman–Crippen MR) is 61.1 cm³/mol. The molecule has 0 spiro atoms. The van der Waals surface area contributed by atoms with E-state index < -0.39 is 6.10 Å². The number of anilines is 1. The lowest BCUT2D eigenvalue weighted by Gasteiger charge is -2.32. The number of carbonyl (C=O) groups is 1. The van der Waals surface area contributed by atoms with Gasteiger partial charge >= 0.3 is 0 Å². The first-order chi connectivity index (χ1) is 7.77. The van der Waals surface area contributed by atoms with Crippen molar-refractivity contribution in [3.8, 4) is 0 Å². The normalized spacial score (nSPS) is 24.1. The lowest BCUT2D eigenvalue weighted by atomic mass is 9.98. The molecule has 3 heteroatoms. The number of nitrogens with zero attached hydrogens (tertiary/aromatic N) is 1. The minimum absolute atomic E-state index is 0.236. The van der Waals surface area contributed by atoms with Crippen LogP contribution in [-0.2, 0) is 4.79 Å². The first-order valence-corrected chi connectivity index (χ1v) is 5.86. The fraction of sp³-hybridized carbons (Fsp3) is 0.462. The quantitative estimate of drug-likeness (QED) is 0.780. The largest absolute Gasteiger partial charge is 0.388 e. The molecule has 3 rings (SSSR count). The van der Waals surface area contributed by atoms with Crippen molar-refractivity contribution in [3.63, 3.8) is 0 Å². The van der Waals surface area contributed by atoms with Gasteiger partial charge in [0.15, 0.2) is 0 Å². The highest BCUT2D eigenvalue weighted by atomic mass is 16.3. The van der Waals surface area contributed by atoms with Crippen LogP contribution in [0, 0.1) is 5.92 Å². The number of aliphatic hydroxyl groups excluding tert-OH is 1. The molecule has 3 nitrogen and oxygen atoms in total. The van der Waals surface area contributed by atoms with Crippen LogP contribution in [0.25, 0.3) is 0 Å². The average molecular weight is 217 g/mol. The van der Waals surface area contributed by atoms with Gasteiger partial charge in [0.05, 0.1) is 6.10 Å². The zero-order valence-electron chi connectivity index (χ0n) is 9.10. The molecular weight excluding hydrogens is 202 g/mol. The summed E-state index contributed by atoms with van der Waals surface area (Å²) in [4.78, 5) is 13.9. The van der Waals surface area contributed by atoms with E-state index in [9.17, 15) is 9.90 Å². The summed E-state index contributed by atoms with van der Waals surface area (Å²) < 4.78 is 0. The molecule has 0 radical (unpaired) electrons. The SMILES string of the molecule is O=C(C1CC1)N1CCC(O)c2ccccc21. The number of hydrogen-bond donors (Lipinski definition) is 1. The Morgan fingerprint density at radius 1 is 1.25 bits per heavy atom. The number of hydrogen-bond acceptors (Lipinski definition) is 2. The van der Waals surface area contributed by atoms with Gasteiger partial charge in [-0.25, -0.2) is 0 Å². The molecule has 1 N–H and O–H groups in total. The smallest absolute Gasteiger partial charge is 0.230 e. The Hall–Kier alpha value is -1.35. The summed E-state index contributed by atoms with van der Waals surface area (Å²) in [6.07, 6.45) is 2.29. The second-order valence-corrected chi connectivity index (χ2v) is 4.63. The van der Waals surface area contributed by atoms with Crippen LogP contribution in [0.3, 0.4) is 0 Å². The zero-order valence-corrected chi connectivity index (χ0v) is 9.10. The van der Waals surface area contributed by atoms with E-state index in [0.29, 0.717) is 13.0 Å². The van der Waals surface area contributed by atoms with Crippen molar-refractivity contribution in [2.45, 2.75) is 25.4 Å². The molecule has 1 saturated carbocycles. The Balaban J connectivity index is 1.97. The van der Waals surface area contributed by atoms with Crippen molar-refractivity contribution >= 4 is 11.6 Å². The van der Waals surface area contributed by atoms with Crippen LogP contribution in [0.1, 0.15) is 30.9 Å². The minimum Gasteiger partial charge on any atom is -0.388 e. The highest BCUT2D eigenvalue weighted by Crippen LogP contribution is 2.38. The van der Waals surface area contributed by atoms with Crippen LogP contribution >= 0.6 is 0 Å². The number of amides is 1. The number of benzene rings is 1. The predicted octanol–water partition coefficient (Wildman–Crippen LogP) is 1.87. The van der Waals surface area contributed by atoms with Gasteiger partial charge in [-0.15, -0.1) is 0 Å². The molecule has 1 aromatic rings. The topological polar surface area (TPSA) is 40.5 Å². The molecule has 0 saturated heterocycles. The summed E-state index contributed by atoms with van der Waals surface area (Å²) in [5, 5.41) is 9.88. The summed E-state index contributed by atoms with van der Waals surface area (Å²) in [6.45, 7) is 0.646. The van der Waals surface area contributed by atoms with Crippen molar-refractivity contribution in [1.82, 2.24) is 0 Å². The van der Waals surface area contributed by atoms with E-state index in [1.165, 1.54) is 0 Å². The van der Waals surface area contributed by atoms with Gasteiger partial charge in [0.1, 0.15) is 0 Å². The van der Waals surface area contributed by atoms with Crippen LogP contribution in [-0.4, -0.2) is 17.6 Å². The molecule has 1 unspecified atom stereocenters. The van der Waals surface area contributed by atoms with Crippen molar-refractivity contribution < 1.29 is 9.90 Å². The highest BCUT2D eigenvalue weighted by molar-refractivity contribution is 5.97. The molecule has 0 bridgehead atoms. The van der Waals surface area contributed by atoms with Crippen LogP contribution in [0.2, 0.25) is 0 Å². The fourth-order valence-corrected chi connectivity index (χ4v) is 2.32. The third-order valence-electron chi connectivity index (χ3n) is 3.41. The Morgan fingerprint density at radius 2 is 2.00 bits per heavy atom. The van der Waals surface area contributed by atoms with E-state index in [-0.39, 0.29) is 11.8 Å². The van der Waals surface area contributed by atoms with Gasteiger partial charge in [-0.05, 0) is 25.3 Å². The first-order valence-electron chi connectivity index (χ1n) is 5.86. The van der Waals surface area contributed by atoms with Gasteiger partial charge in [0, 0.05) is 23.7 Å². The van der Waals surface area contributed by atoms with Crippen LogP contribution < -0.4 is 4.90 Å². The second-order valence-electron chi connectivity index (χ2n) is 4.63. The van der Waals surface area contributed by atoms with Crippen LogP contribution in [0.4, 0.5) is 5.69 Å². The van der Waals surface area contributed by atoms with Gasteiger partial charge < -0.3 is 10.0 Å². The molecule has 1 aromatic carbocycles. The van der Waals surface area contributed by atoms with Crippen molar-refractivity contribution in [2.24, 2.45) is 5.92 Å². The summed E-state index contributed by atoms with van der Waals surface area (Å²) in [5.41, 5.74) is 1.79. The average Bonchev–Trinajstić information content (AvgIpc) is 3.13. The number of rotatable bonds is 1. The monoisotopic (exact) mass is 217 g/mol. The molecule has 16 heavy (non-hydrogen) atoms. The molecule has 1 aliphatic heterocycles. The zero-order chi connectivity index (χ0) is 11.1. The fourth-order valence-electron chi connectivity index (χ4n) is 2.32. The number of fused-ring (bicyclic) bond motifs is 1. The van der Waals surface area contributed by atoms with Crippen LogP contribution in [0.5, 0.6) is 0 Å². The Kier molecular flexibility index (Phi) is 2.21. The molecule has 1 atom stereocenters. The standard InChI is InChI=1S/C13H15NO2/c15-12-7-8-14(13(16)9-5-6-9)11-4-2-1-3-10(11)12/h1-4,9,12,15H,5-8H2. The summed E-state index contributed by atoms with van der Waals surface area (Å²) in [6, 6.07) is 7.67. The van der Waals surface area contributed by atoms with E-state index >= 15 is 0 Å². The lowest BCUT2D eigenvalue weighted by Crippen LogP contribution is -2.37. The Bertz CT molecular complexity index is 426. The maximum Gasteiger partial charge on any atom is 0.230 e. The summed E-state index contributed by atoms with van der Waals surface area (Å²) in [5.74, 6) is 0.475. The maximum absolute atomic E-state index is 12.1. The molecule has 1 aliphatic carbocycles. The number of aliphatic hydroxyl groups is 1. The van der Waals surface area contributed by atoms with Crippen molar-refractivity contribution in [1.29, 1.82) is 0 Å². The number of carbonyl (C=O) groups excluding carboxylic acids is 1. The third-order valence-corrected chi connectivity index (χ3v) is 3.41. The van der Waals surface area contributed by atoms with E-state index in [2.05, 4.69) is 0 Å². The molecule has 1 heterocycles. The van der Waals surface area contributed by atoms with E-state index in [4.69, 9.17) is 0 Å². The third kappa shape index (κ3) is 1.52. The van der Waals surface area contributed by atoms with Crippen LogP contribution in [0.15, 0.2) is 24.3 Å². The van der Waals surface area contributed by atoms with Gasteiger partial charge in [0.25, 0.3) is 0 Å². The summed E-state index contributed by atoms with van der Waals surface area (Å²) in [7, 11) is 0. The minimum atomic E-state index is -0.417. The Labute approximate surface area is 94.7 Å². The first kappa shape index (κ1) is 9.85. The molecular formula is C13H15NO2. The second kappa shape index (κ2) is 3.59. The molecule has 84 valence electrons. The molecule has 1 fully saturated rings. The Morgan fingerprint density at radius 3 is 2.75 bits per heavy atom. The van der Waals surface area contributed by atoms with Crippen molar-refractivity contribution in [3.05, 3.63) is 29.8 Å².